The average Bonchev–Trinajstić information content (AvgIpc) is 3.40. The fraction of sp³-hybridized carbons (Fsp3) is 0.426. The van der Waals surface area contributed by atoms with E-state index in [9.17, 15) is 14.4 Å². The van der Waals surface area contributed by atoms with Crippen LogP contribution in [0.15, 0.2) is 219 Å². The highest BCUT2D eigenvalue weighted by atomic mass is 16.6. The summed E-state index contributed by atoms with van der Waals surface area (Å²) in [6.07, 6.45) is 93.3. The summed E-state index contributed by atoms with van der Waals surface area (Å²) in [6, 6.07) is 0. The second kappa shape index (κ2) is 59.3. The normalized spacial score (nSPS) is 13.8. The van der Waals surface area contributed by atoms with E-state index < -0.39 is 6.10 Å². The fourth-order valence-corrected chi connectivity index (χ4v) is 6.54. The minimum absolute atomic E-state index is 0.139. The van der Waals surface area contributed by atoms with Gasteiger partial charge in [-0.15, -0.1) is 0 Å². The summed E-state index contributed by atoms with van der Waals surface area (Å²) in [6.45, 7) is 6.17. The van der Waals surface area contributed by atoms with Gasteiger partial charge in [-0.3, -0.25) is 14.4 Å². The molecule has 0 aromatic heterocycles. The van der Waals surface area contributed by atoms with Crippen LogP contribution in [0, 0.1) is 0 Å². The molecule has 0 bridgehead atoms. The third kappa shape index (κ3) is 56.6. The van der Waals surface area contributed by atoms with Gasteiger partial charge in [0.05, 0.1) is 0 Å². The molecule has 0 amide bonds. The lowest BCUT2D eigenvalue weighted by atomic mass is 10.1. The molecule has 0 radical (unpaired) electrons. The molecule has 0 spiro atoms. The quantitative estimate of drug-likeness (QED) is 0.0262. The molecule has 0 aliphatic heterocycles. The maximum atomic E-state index is 12.9. The third-order valence-electron chi connectivity index (χ3n) is 10.7. The molecule has 0 saturated carbocycles. The van der Waals surface area contributed by atoms with Crippen LogP contribution < -0.4 is 0 Å². The van der Waals surface area contributed by atoms with Gasteiger partial charge in [-0.2, -0.15) is 0 Å². The first-order valence-electron chi connectivity index (χ1n) is 28.0. The molecule has 6 heteroatoms. The summed E-state index contributed by atoms with van der Waals surface area (Å²) in [5, 5.41) is 0. The monoisotopic (exact) mass is 1010 g/mol. The Morgan fingerprint density at radius 1 is 0.284 bits per heavy atom. The zero-order valence-corrected chi connectivity index (χ0v) is 46.0. The summed E-state index contributed by atoms with van der Waals surface area (Å²) >= 11 is 0. The van der Waals surface area contributed by atoms with Crippen molar-refractivity contribution in [2.24, 2.45) is 0 Å². The molecule has 74 heavy (non-hydrogen) atoms. The van der Waals surface area contributed by atoms with E-state index in [-0.39, 0.29) is 44.0 Å². The molecule has 0 rings (SSSR count). The predicted octanol–water partition coefficient (Wildman–Crippen LogP) is 19.0. The molecule has 1 unspecified atom stereocenters. The lowest BCUT2D eigenvalue weighted by Gasteiger charge is -2.18. The van der Waals surface area contributed by atoms with E-state index in [1.165, 1.54) is 19.3 Å². The van der Waals surface area contributed by atoms with Gasteiger partial charge in [0, 0.05) is 19.3 Å². The number of hydrogen-bond donors (Lipinski definition) is 0. The Morgan fingerprint density at radius 3 is 0.838 bits per heavy atom. The van der Waals surface area contributed by atoms with Crippen LogP contribution >= 0.6 is 0 Å². The van der Waals surface area contributed by atoms with E-state index in [2.05, 4.69) is 93.7 Å². The predicted molar refractivity (Wildman–Crippen MR) is 320 cm³/mol. The van der Waals surface area contributed by atoms with Gasteiger partial charge in [-0.1, -0.05) is 284 Å². The summed E-state index contributed by atoms with van der Waals surface area (Å²) < 4.78 is 16.8. The second-order valence-electron chi connectivity index (χ2n) is 17.5. The van der Waals surface area contributed by atoms with Crippen LogP contribution in [-0.2, 0) is 28.6 Å². The van der Waals surface area contributed by atoms with Crippen molar-refractivity contribution in [1.82, 2.24) is 0 Å². The third-order valence-corrected chi connectivity index (χ3v) is 10.7. The zero-order chi connectivity index (χ0) is 53.6. The number of ether oxygens (including phenoxy) is 3. The summed E-state index contributed by atoms with van der Waals surface area (Å²) in [5.41, 5.74) is 0. The number of hydrogen-bond acceptors (Lipinski definition) is 6. The Balaban J connectivity index is 4.72. The minimum atomic E-state index is -0.848. The number of esters is 3. The molecule has 6 nitrogen and oxygen atoms in total. The molecule has 0 aromatic carbocycles. The molecule has 0 N–H and O–H groups in total. The van der Waals surface area contributed by atoms with Crippen LogP contribution in [0.5, 0.6) is 0 Å². The maximum Gasteiger partial charge on any atom is 0.306 e. The summed E-state index contributed by atoms with van der Waals surface area (Å²) in [4.78, 5) is 38.2. The average molecular weight is 1010 g/mol. The second-order valence-corrected chi connectivity index (χ2v) is 17.5. The van der Waals surface area contributed by atoms with Gasteiger partial charge in [-0.05, 0) is 83.5 Å². The van der Waals surface area contributed by atoms with Gasteiger partial charge in [0.25, 0.3) is 0 Å². The molecule has 0 saturated heterocycles. The maximum absolute atomic E-state index is 12.9. The molecule has 0 fully saturated rings. The Labute approximate surface area is 451 Å². The standard InChI is InChI=1S/C68H96O6/c1-4-7-10-13-16-19-22-25-28-31-34-37-40-43-46-49-52-55-58-61-67(70)73-64-65(63-72-66(69)60-57-54-51-48-45-42-39-36-33-30-27-24-21-18-15-12-9-6-3)74-68(71)62-59-56-53-50-47-44-41-38-35-32-29-26-23-20-17-14-11-8-5-2/h7-8,10-11,13-14,16-41,43-44,46-47,65H,4-6,9,12,15,42,45,48-64H2,1-3H3/b10-7-,11-8-,16-13-,17-14-,21-18-,22-19-,23-20-,27-24-,28-25-,29-26-,33-30-,34-31+,35-32+,39-36-,40-37-,41-38-,46-43-,47-44-. The highest BCUT2D eigenvalue weighted by Crippen LogP contribution is 2.12. The molecular weight excluding hydrogens is 913 g/mol. The number of carbonyl (C=O) groups excluding carboxylic acids is 3. The van der Waals surface area contributed by atoms with Crippen molar-refractivity contribution in [3.63, 3.8) is 0 Å². The molecule has 0 aliphatic carbocycles. The van der Waals surface area contributed by atoms with E-state index in [1.54, 1.807) is 0 Å². The van der Waals surface area contributed by atoms with E-state index in [4.69, 9.17) is 14.2 Å². The van der Waals surface area contributed by atoms with Crippen molar-refractivity contribution in [1.29, 1.82) is 0 Å². The molecule has 0 aromatic rings. The molecule has 0 heterocycles. The fourth-order valence-electron chi connectivity index (χ4n) is 6.54. The van der Waals surface area contributed by atoms with Gasteiger partial charge in [-0.25, -0.2) is 0 Å². The van der Waals surface area contributed by atoms with Crippen LogP contribution in [0.3, 0.4) is 0 Å². The van der Waals surface area contributed by atoms with Crippen LogP contribution in [0.25, 0.3) is 0 Å². The first kappa shape index (κ1) is 67.7. The van der Waals surface area contributed by atoms with Gasteiger partial charge < -0.3 is 14.2 Å². The van der Waals surface area contributed by atoms with Gasteiger partial charge in [0.15, 0.2) is 6.10 Å². The minimum Gasteiger partial charge on any atom is -0.462 e. The van der Waals surface area contributed by atoms with Crippen molar-refractivity contribution in [2.75, 3.05) is 13.2 Å². The summed E-state index contributed by atoms with van der Waals surface area (Å²) in [7, 11) is 0. The van der Waals surface area contributed by atoms with Gasteiger partial charge in [0.2, 0.25) is 0 Å². The number of allylic oxidation sites excluding steroid dienone is 36. The lowest BCUT2D eigenvalue weighted by molar-refractivity contribution is -0.167. The Bertz CT molecular complexity index is 1930. The Kier molecular flexibility index (Phi) is 54.3. The zero-order valence-electron chi connectivity index (χ0n) is 46.0. The van der Waals surface area contributed by atoms with Gasteiger partial charge in [0.1, 0.15) is 13.2 Å². The van der Waals surface area contributed by atoms with Crippen molar-refractivity contribution >= 4 is 17.9 Å². The largest absolute Gasteiger partial charge is 0.462 e. The molecule has 0 aliphatic rings. The molecular formula is C68H96O6. The lowest BCUT2D eigenvalue weighted by Crippen LogP contribution is -2.30. The highest BCUT2D eigenvalue weighted by molar-refractivity contribution is 5.71. The highest BCUT2D eigenvalue weighted by Gasteiger charge is 2.19. The summed E-state index contributed by atoms with van der Waals surface area (Å²) in [5.74, 6) is -1.07. The first-order valence-corrected chi connectivity index (χ1v) is 28.0. The number of rotatable bonds is 46. The molecule has 1 atom stereocenters. The van der Waals surface area contributed by atoms with E-state index in [1.807, 2.05) is 146 Å². The van der Waals surface area contributed by atoms with Gasteiger partial charge >= 0.3 is 17.9 Å². The number of carbonyl (C=O) groups is 3. The van der Waals surface area contributed by atoms with Crippen molar-refractivity contribution in [2.45, 2.75) is 175 Å². The van der Waals surface area contributed by atoms with E-state index in [0.29, 0.717) is 19.3 Å². The van der Waals surface area contributed by atoms with Crippen molar-refractivity contribution in [3.8, 4) is 0 Å². The van der Waals surface area contributed by atoms with Crippen LogP contribution in [0.1, 0.15) is 168 Å². The SMILES string of the molecule is CC\C=C/C=C\C=C/C=C\C=C\C=C/C=C\CCCCCC(=O)OCC(COC(=O)CCCCCCC\C=C/C=C\C=C/C=C\CCCCC)OC(=O)CCCCC\C=C/C=C\C=C\C=C/C=C\C=C/C=C\CC. The Hall–Kier alpha value is -6.27. The number of unbranched alkanes of at least 4 members (excludes halogenated alkanes) is 14. The van der Waals surface area contributed by atoms with Crippen molar-refractivity contribution < 1.29 is 28.6 Å². The first-order chi connectivity index (χ1) is 36.5. The Morgan fingerprint density at radius 2 is 0.527 bits per heavy atom. The van der Waals surface area contributed by atoms with Crippen LogP contribution in [-0.4, -0.2) is 37.2 Å². The van der Waals surface area contributed by atoms with E-state index in [0.717, 1.165) is 96.3 Å². The smallest absolute Gasteiger partial charge is 0.306 e. The van der Waals surface area contributed by atoms with E-state index >= 15 is 0 Å². The van der Waals surface area contributed by atoms with Crippen LogP contribution in [0.2, 0.25) is 0 Å². The van der Waals surface area contributed by atoms with Crippen LogP contribution in [0.4, 0.5) is 0 Å². The van der Waals surface area contributed by atoms with Crippen molar-refractivity contribution in [3.05, 3.63) is 219 Å². The topological polar surface area (TPSA) is 78.9 Å². The molecule has 404 valence electrons.